The Labute approximate surface area is 201 Å². The lowest BCUT2D eigenvalue weighted by Crippen LogP contribution is -2.53. The predicted octanol–water partition coefficient (Wildman–Crippen LogP) is 3.75. The number of halogens is 1. The van der Waals surface area contributed by atoms with Crippen molar-refractivity contribution in [1.29, 1.82) is 0 Å². The third kappa shape index (κ3) is 7.20. The molecule has 0 heterocycles. The van der Waals surface area contributed by atoms with Crippen LogP contribution in [0.15, 0.2) is 48.5 Å². The van der Waals surface area contributed by atoms with E-state index in [1.165, 1.54) is 4.90 Å². The molecule has 1 atom stereocenters. The Morgan fingerprint density at radius 3 is 2.24 bits per heavy atom. The van der Waals surface area contributed by atoms with E-state index in [1.54, 1.807) is 25.1 Å². The summed E-state index contributed by atoms with van der Waals surface area (Å²) in [7, 11) is -3.80. The zero-order valence-corrected chi connectivity index (χ0v) is 21.3. The largest absolute Gasteiger partial charge is 0.352 e. The van der Waals surface area contributed by atoms with Gasteiger partial charge >= 0.3 is 0 Å². The van der Waals surface area contributed by atoms with Crippen LogP contribution in [0.2, 0.25) is 5.02 Å². The van der Waals surface area contributed by atoms with Gasteiger partial charge in [0.05, 0.1) is 11.9 Å². The molecule has 33 heavy (non-hydrogen) atoms. The van der Waals surface area contributed by atoms with Gasteiger partial charge in [-0.15, -0.1) is 0 Å². The van der Waals surface area contributed by atoms with Gasteiger partial charge in [-0.25, -0.2) is 8.42 Å². The number of benzene rings is 2. The van der Waals surface area contributed by atoms with Crippen LogP contribution in [0, 0.1) is 6.92 Å². The number of carbonyl (C=O) groups is 2. The number of sulfonamides is 1. The lowest BCUT2D eigenvalue weighted by Gasteiger charge is -2.33. The minimum atomic E-state index is -3.80. The summed E-state index contributed by atoms with van der Waals surface area (Å²) in [6.07, 6.45) is 1.43. The molecule has 2 amide bonds. The molecule has 2 aromatic rings. The average Bonchev–Trinajstić information content (AvgIpc) is 2.73. The lowest BCUT2D eigenvalue weighted by atomic mass is 10.1. The Morgan fingerprint density at radius 1 is 1.06 bits per heavy atom. The highest BCUT2D eigenvalue weighted by Gasteiger charge is 2.32. The fourth-order valence-electron chi connectivity index (χ4n) is 3.54. The summed E-state index contributed by atoms with van der Waals surface area (Å²) in [5, 5.41) is 3.27. The highest BCUT2D eigenvalue weighted by Crippen LogP contribution is 2.28. The molecule has 0 aromatic heterocycles. The monoisotopic (exact) mass is 493 g/mol. The Balaban J connectivity index is 2.46. The van der Waals surface area contributed by atoms with Crippen molar-refractivity contribution in [3.63, 3.8) is 0 Å². The van der Waals surface area contributed by atoms with Crippen LogP contribution in [0.4, 0.5) is 5.69 Å². The fraction of sp³-hybridized carbons (Fsp3) is 0.417. The standard InChI is InChI=1S/C24H32ClN3O4S/c1-6-21(24(30)26-17(2)3)27(15-19-11-8-7-9-12-19)23(29)16-28(33(5,31)32)22-14-10-13-20(25)18(22)4/h7-14,17,21H,6,15-16H2,1-5H3,(H,26,30)/t21-/m1/s1. The van der Waals surface area contributed by atoms with E-state index in [1.807, 2.05) is 51.1 Å². The number of hydrogen-bond donors (Lipinski definition) is 1. The van der Waals surface area contributed by atoms with E-state index in [0.717, 1.165) is 16.1 Å². The molecule has 0 spiro atoms. The van der Waals surface area contributed by atoms with Crippen LogP contribution < -0.4 is 9.62 Å². The number of nitrogens with one attached hydrogen (secondary N) is 1. The first kappa shape index (κ1) is 26.7. The molecule has 0 unspecified atom stereocenters. The van der Waals surface area contributed by atoms with E-state index in [9.17, 15) is 18.0 Å². The summed E-state index contributed by atoms with van der Waals surface area (Å²) in [5.74, 6) is -0.754. The molecule has 0 saturated carbocycles. The quantitative estimate of drug-likeness (QED) is 0.546. The van der Waals surface area contributed by atoms with E-state index in [-0.39, 0.29) is 18.5 Å². The molecule has 0 aliphatic heterocycles. The van der Waals surface area contributed by atoms with Crippen molar-refractivity contribution in [3.8, 4) is 0 Å². The van der Waals surface area contributed by atoms with E-state index >= 15 is 0 Å². The first-order valence-corrected chi connectivity index (χ1v) is 13.0. The maximum atomic E-state index is 13.6. The third-order valence-corrected chi connectivity index (χ3v) is 6.74. The second kappa shape index (κ2) is 11.5. The van der Waals surface area contributed by atoms with Crippen LogP contribution in [0.1, 0.15) is 38.3 Å². The maximum Gasteiger partial charge on any atom is 0.244 e. The average molecular weight is 494 g/mol. The van der Waals surface area contributed by atoms with E-state index in [2.05, 4.69) is 5.32 Å². The predicted molar refractivity (Wildman–Crippen MR) is 133 cm³/mol. The second-order valence-corrected chi connectivity index (χ2v) is 10.6. The number of nitrogens with zero attached hydrogens (tertiary/aromatic N) is 2. The highest BCUT2D eigenvalue weighted by atomic mass is 35.5. The van der Waals surface area contributed by atoms with Gasteiger partial charge in [-0.05, 0) is 50.5 Å². The zero-order valence-electron chi connectivity index (χ0n) is 19.7. The van der Waals surface area contributed by atoms with E-state index < -0.39 is 28.5 Å². The van der Waals surface area contributed by atoms with Gasteiger partial charge < -0.3 is 10.2 Å². The van der Waals surface area contributed by atoms with Crippen LogP contribution in [0.5, 0.6) is 0 Å². The summed E-state index contributed by atoms with van der Waals surface area (Å²) < 4.78 is 26.4. The molecule has 7 nitrogen and oxygen atoms in total. The number of anilines is 1. The molecule has 180 valence electrons. The molecule has 0 fully saturated rings. The number of hydrogen-bond acceptors (Lipinski definition) is 4. The number of amides is 2. The summed E-state index contributed by atoms with van der Waals surface area (Å²) in [6, 6.07) is 13.4. The molecule has 0 bridgehead atoms. The van der Waals surface area contributed by atoms with Crippen LogP contribution in [0.3, 0.4) is 0 Å². The highest BCUT2D eigenvalue weighted by molar-refractivity contribution is 7.92. The van der Waals surface area contributed by atoms with Gasteiger partial charge in [0.25, 0.3) is 0 Å². The summed E-state index contributed by atoms with van der Waals surface area (Å²) in [5.41, 5.74) is 1.72. The summed E-state index contributed by atoms with van der Waals surface area (Å²) in [4.78, 5) is 27.9. The Bertz CT molecular complexity index is 1070. The Kier molecular flexibility index (Phi) is 9.31. The topological polar surface area (TPSA) is 86.8 Å². The minimum Gasteiger partial charge on any atom is -0.352 e. The Morgan fingerprint density at radius 2 is 1.70 bits per heavy atom. The van der Waals surface area contributed by atoms with Crippen molar-refractivity contribution in [2.75, 3.05) is 17.1 Å². The van der Waals surface area contributed by atoms with Gasteiger partial charge in [0.15, 0.2) is 0 Å². The molecule has 0 aliphatic rings. The second-order valence-electron chi connectivity index (χ2n) is 8.25. The molecule has 1 N–H and O–H groups in total. The van der Waals surface area contributed by atoms with Gasteiger partial charge in [0.1, 0.15) is 12.6 Å². The summed E-state index contributed by atoms with van der Waals surface area (Å²) in [6.45, 7) is 6.95. The van der Waals surface area contributed by atoms with Crippen LogP contribution in [-0.2, 0) is 26.2 Å². The van der Waals surface area contributed by atoms with Crippen LogP contribution in [-0.4, -0.2) is 50.0 Å². The van der Waals surface area contributed by atoms with Gasteiger partial charge in [-0.1, -0.05) is 54.9 Å². The van der Waals surface area contributed by atoms with Gasteiger partial charge in [0.2, 0.25) is 21.8 Å². The molecular weight excluding hydrogens is 462 g/mol. The number of carbonyl (C=O) groups excluding carboxylic acids is 2. The van der Waals surface area contributed by atoms with Gasteiger partial charge in [0, 0.05) is 17.6 Å². The molecule has 2 rings (SSSR count). The smallest absolute Gasteiger partial charge is 0.244 e. The first-order valence-electron chi connectivity index (χ1n) is 10.8. The van der Waals surface area contributed by atoms with Gasteiger partial charge in [-0.2, -0.15) is 0 Å². The SMILES string of the molecule is CC[C@H](C(=O)NC(C)C)N(Cc1ccccc1)C(=O)CN(c1cccc(Cl)c1C)S(C)(=O)=O. The lowest BCUT2D eigenvalue weighted by molar-refractivity contribution is -0.140. The molecule has 0 saturated heterocycles. The van der Waals surface area contributed by atoms with Crippen molar-refractivity contribution >= 4 is 39.1 Å². The van der Waals surface area contributed by atoms with Gasteiger partial charge in [-0.3, -0.25) is 13.9 Å². The normalized spacial score (nSPS) is 12.3. The minimum absolute atomic E-state index is 0.0955. The maximum absolute atomic E-state index is 13.6. The van der Waals surface area contributed by atoms with Crippen molar-refractivity contribution < 1.29 is 18.0 Å². The number of rotatable bonds is 10. The van der Waals surface area contributed by atoms with Crippen LogP contribution >= 0.6 is 11.6 Å². The summed E-state index contributed by atoms with van der Waals surface area (Å²) >= 11 is 6.21. The van der Waals surface area contributed by atoms with E-state index in [4.69, 9.17) is 11.6 Å². The van der Waals surface area contributed by atoms with E-state index in [0.29, 0.717) is 22.7 Å². The van der Waals surface area contributed by atoms with Crippen molar-refractivity contribution in [2.24, 2.45) is 0 Å². The Hall–Kier alpha value is -2.58. The fourth-order valence-corrected chi connectivity index (χ4v) is 4.61. The van der Waals surface area contributed by atoms with Crippen LogP contribution in [0.25, 0.3) is 0 Å². The van der Waals surface area contributed by atoms with Crippen molar-refractivity contribution in [3.05, 3.63) is 64.7 Å². The third-order valence-electron chi connectivity index (χ3n) is 5.20. The molecular formula is C24H32ClN3O4S. The first-order chi connectivity index (χ1) is 15.5. The molecule has 0 aliphatic carbocycles. The van der Waals surface area contributed by atoms with Crippen molar-refractivity contribution in [1.82, 2.24) is 10.2 Å². The molecule has 0 radical (unpaired) electrons. The van der Waals surface area contributed by atoms with Crippen molar-refractivity contribution in [2.45, 2.75) is 52.7 Å². The molecule has 2 aromatic carbocycles. The molecule has 9 heteroatoms. The zero-order chi connectivity index (χ0) is 24.8.